The molecule has 0 radical (unpaired) electrons. The van der Waals surface area contributed by atoms with Crippen LogP contribution < -0.4 is 0 Å². The van der Waals surface area contributed by atoms with Crippen molar-refractivity contribution in [3.8, 4) is 0 Å². The van der Waals surface area contributed by atoms with E-state index in [1.165, 1.54) is 6.21 Å². The summed E-state index contributed by atoms with van der Waals surface area (Å²) in [7, 11) is 0. The highest BCUT2D eigenvalue weighted by atomic mass is 16.6. The van der Waals surface area contributed by atoms with Gasteiger partial charge in [-0.3, -0.25) is 0 Å². The molecule has 0 bridgehead atoms. The van der Waals surface area contributed by atoms with Gasteiger partial charge in [-0.1, -0.05) is 30.3 Å². The standard InChI is InChI=1S/C13H18N2O2/c1-13(2,3)17-12(16)15(4)14-10-11-8-6-5-7-9-11/h5-10H,1-4H3/b14-10+/i4D3. The Morgan fingerprint density at radius 2 is 2.06 bits per heavy atom. The summed E-state index contributed by atoms with van der Waals surface area (Å²) in [5.41, 5.74) is -0.103. The first-order valence-corrected chi connectivity index (χ1v) is 5.22. The lowest BCUT2D eigenvalue weighted by atomic mass is 10.2. The van der Waals surface area contributed by atoms with Crippen molar-refractivity contribution in [3.63, 3.8) is 0 Å². The number of hydrogen-bond donors (Lipinski definition) is 0. The zero-order valence-corrected chi connectivity index (χ0v) is 10.2. The largest absolute Gasteiger partial charge is 0.442 e. The lowest BCUT2D eigenvalue weighted by Gasteiger charge is -2.21. The predicted molar refractivity (Wildman–Crippen MR) is 68.0 cm³/mol. The van der Waals surface area contributed by atoms with E-state index < -0.39 is 18.7 Å². The van der Waals surface area contributed by atoms with Crippen LogP contribution in [0, 0.1) is 0 Å². The molecule has 0 aliphatic carbocycles. The second kappa shape index (κ2) is 5.48. The van der Waals surface area contributed by atoms with Gasteiger partial charge >= 0.3 is 6.09 Å². The maximum Gasteiger partial charge on any atom is 0.430 e. The Labute approximate surface area is 106 Å². The molecule has 1 aromatic carbocycles. The molecule has 0 saturated heterocycles. The molecule has 1 aromatic rings. The van der Waals surface area contributed by atoms with Crippen LogP contribution in [0.1, 0.15) is 30.4 Å². The maximum absolute atomic E-state index is 11.9. The third kappa shape index (κ3) is 5.15. The van der Waals surface area contributed by atoms with Gasteiger partial charge in [0.25, 0.3) is 0 Å². The van der Waals surface area contributed by atoms with E-state index in [4.69, 9.17) is 8.85 Å². The number of carbonyl (C=O) groups is 1. The number of carbonyl (C=O) groups excluding carboxylic acids is 1. The molecule has 92 valence electrons. The Morgan fingerprint density at radius 3 is 2.59 bits per heavy atom. The zero-order chi connectivity index (χ0) is 15.4. The van der Waals surface area contributed by atoms with E-state index in [9.17, 15) is 4.79 Å². The van der Waals surface area contributed by atoms with Crippen LogP contribution in [-0.4, -0.2) is 29.9 Å². The number of rotatable bonds is 2. The van der Waals surface area contributed by atoms with Gasteiger partial charge in [0.2, 0.25) is 0 Å². The molecular formula is C13H18N2O2. The second-order valence-electron chi connectivity index (χ2n) is 4.45. The van der Waals surface area contributed by atoms with E-state index in [1.807, 2.05) is 6.07 Å². The van der Waals surface area contributed by atoms with Crippen LogP contribution in [0.15, 0.2) is 35.4 Å². The van der Waals surface area contributed by atoms with Gasteiger partial charge in [0.15, 0.2) is 0 Å². The van der Waals surface area contributed by atoms with Gasteiger partial charge in [-0.2, -0.15) is 5.10 Å². The number of nitrogens with zero attached hydrogens (tertiary/aromatic N) is 2. The summed E-state index contributed by atoms with van der Waals surface area (Å²) < 4.78 is 27.0. The predicted octanol–water partition coefficient (Wildman–Crippen LogP) is 2.89. The van der Waals surface area contributed by atoms with Crippen molar-refractivity contribution in [2.24, 2.45) is 5.10 Å². The van der Waals surface area contributed by atoms with Gasteiger partial charge in [-0.05, 0) is 26.3 Å². The van der Waals surface area contributed by atoms with E-state index in [-0.39, 0.29) is 0 Å². The second-order valence-corrected chi connectivity index (χ2v) is 4.45. The molecule has 0 saturated carbocycles. The minimum Gasteiger partial charge on any atom is -0.442 e. The smallest absolute Gasteiger partial charge is 0.430 e. The average molecular weight is 237 g/mol. The van der Waals surface area contributed by atoms with Crippen molar-refractivity contribution in [3.05, 3.63) is 35.9 Å². The molecule has 0 unspecified atom stereocenters. The highest BCUT2D eigenvalue weighted by molar-refractivity contribution is 5.80. The SMILES string of the molecule is [2H]C([2H])([2H])N(/N=C/c1ccccc1)C(=O)OC(C)(C)C. The van der Waals surface area contributed by atoms with E-state index in [2.05, 4.69) is 5.10 Å². The summed E-state index contributed by atoms with van der Waals surface area (Å²) >= 11 is 0. The molecule has 0 aliphatic rings. The first-order chi connectivity index (χ1) is 9.09. The van der Waals surface area contributed by atoms with Crippen molar-refractivity contribution in [1.82, 2.24) is 5.01 Å². The van der Waals surface area contributed by atoms with E-state index in [0.29, 0.717) is 10.6 Å². The van der Waals surface area contributed by atoms with Gasteiger partial charge in [0.1, 0.15) is 5.60 Å². The topological polar surface area (TPSA) is 41.9 Å². The summed E-state index contributed by atoms with van der Waals surface area (Å²) in [5.74, 6) is 0. The van der Waals surface area contributed by atoms with Crippen molar-refractivity contribution in [1.29, 1.82) is 0 Å². The fourth-order valence-electron chi connectivity index (χ4n) is 1.02. The molecule has 0 spiro atoms. The summed E-state index contributed by atoms with van der Waals surface area (Å²) in [5, 5.41) is 4.09. The van der Waals surface area contributed by atoms with Crippen LogP contribution in [0.3, 0.4) is 0 Å². The molecular weight excluding hydrogens is 216 g/mol. The van der Waals surface area contributed by atoms with Crippen LogP contribution >= 0.6 is 0 Å². The van der Waals surface area contributed by atoms with Crippen molar-refractivity contribution < 1.29 is 13.6 Å². The molecule has 1 amide bonds. The summed E-state index contributed by atoms with van der Waals surface area (Å²) in [6, 6.07) is 8.89. The highest BCUT2D eigenvalue weighted by Crippen LogP contribution is 2.09. The Balaban J connectivity index is 2.92. The number of hydrazone groups is 1. The minimum absolute atomic E-state index is 0.366. The van der Waals surface area contributed by atoms with Gasteiger partial charge in [0, 0.05) is 11.1 Å². The third-order valence-corrected chi connectivity index (χ3v) is 1.69. The van der Waals surface area contributed by atoms with Crippen molar-refractivity contribution in [2.45, 2.75) is 26.4 Å². The van der Waals surface area contributed by atoms with Crippen LogP contribution in [0.25, 0.3) is 0 Å². The van der Waals surface area contributed by atoms with Crippen LogP contribution in [0.5, 0.6) is 0 Å². The summed E-state index contributed by atoms with van der Waals surface area (Å²) in [4.78, 5) is 11.9. The van der Waals surface area contributed by atoms with E-state index in [0.717, 1.165) is 0 Å². The Bertz CT molecular complexity index is 479. The monoisotopic (exact) mass is 237 g/mol. The van der Waals surface area contributed by atoms with E-state index >= 15 is 0 Å². The van der Waals surface area contributed by atoms with Crippen molar-refractivity contribution >= 4 is 12.3 Å². The van der Waals surface area contributed by atoms with Crippen LogP contribution in [-0.2, 0) is 4.74 Å². The molecule has 1 rings (SSSR count). The number of benzene rings is 1. The van der Waals surface area contributed by atoms with Crippen LogP contribution in [0.4, 0.5) is 4.79 Å². The first kappa shape index (κ1) is 9.22. The quantitative estimate of drug-likeness (QED) is 0.586. The molecule has 0 N–H and O–H groups in total. The fraction of sp³-hybridized carbons (Fsp3) is 0.385. The average Bonchev–Trinajstić information content (AvgIpc) is 2.26. The molecule has 4 heteroatoms. The maximum atomic E-state index is 11.9. The molecule has 0 aromatic heterocycles. The van der Waals surface area contributed by atoms with Gasteiger partial charge in [0.05, 0.1) is 6.21 Å². The zero-order valence-electron chi connectivity index (χ0n) is 13.2. The van der Waals surface area contributed by atoms with Crippen molar-refractivity contribution in [2.75, 3.05) is 6.98 Å². The Kier molecular flexibility index (Phi) is 2.97. The number of ether oxygens (including phenoxy) is 1. The molecule has 17 heavy (non-hydrogen) atoms. The first-order valence-electron chi connectivity index (χ1n) is 6.72. The molecule has 4 nitrogen and oxygen atoms in total. The number of hydrogen-bond acceptors (Lipinski definition) is 3. The fourth-order valence-corrected chi connectivity index (χ4v) is 1.02. The third-order valence-electron chi connectivity index (χ3n) is 1.69. The Hall–Kier alpha value is -1.84. The van der Waals surface area contributed by atoms with Crippen LogP contribution in [0.2, 0.25) is 0 Å². The molecule has 0 aliphatic heterocycles. The lowest BCUT2D eigenvalue weighted by molar-refractivity contribution is 0.0304. The molecule has 0 heterocycles. The van der Waals surface area contributed by atoms with Gasteiger partial charge < -0.3 is 4.74 Å². The van der Waals surface area contributed by atoms with Gasteiger partial charge in [-0.25, -0.2) is 9.80 Å². The molecule has 0 fully saturated rings. The minimum atomic E-state index is -2.70. The molecule has 0 atom stereocenters. The summed E-state index contributed by atoms with van der Waals surface area (Å²) in [6.45, 7) is 2.27. The normalized spacial score (nSPS) is 14.9. The number of amides is 1. The summed E-state index contributed by atoms with van der Waals surface area (Å²) in [6.07, 6.45) is 0.292. The lowest BCUT2D eigenvalue weighted by Crippen LogP contribution is -2.31. The highest BCUT2D eigenvalue weighted by Gasteiger charge is 2.18. The van der Waals surface area contributed by atoms with E-state index in [1.54, 1.807) is 45.0 Å². The van der Waals surface area contributed by atoms with Gasteiger partial charge in [-0.15, -0.1) is 0 Å². The Morgan fingerprint density at radius 1 is 1.41 bits per heavy atom.